The third-order valence-corrected chi connectivity index (χ3v) is 5.58. The van der Waals surface area contributed by atoms with Gasteiger partial charge < -0.3 is 20.3 Å². The average molecular weight is 397 g/mol. The van der Waals surface area contributed by atoms with Crippen LogP contribution in [0, 0.1) is 5.92 Å². The first-order valence-corrected chi connectivity index (χ1v) is 10.4. The smallest absolute Gasteiger partial charge is 0.319 e. The molecule has 6 nitrogen and oxygen atoms in total. The first kappa shape index (κ1) is 21.1. The van der Waals surface area contributed by atoms with Crippen LogP contribution in [0.15, 0.2) is 48.8 Å². The highest BCUT2D eigenvalue weighted by molar-refractivity contribution is 5.89. The lowest BCUT2D eigenvalue weighted by molar-refractivity contribution is 0.167. The van der Waals surface area contributed by atoms with Crippen molar-refractivity contribution in [3.63, 3.8) is 0 Å². The molecule has 1 saturated carbocycles. The van der Waals surface area contributed by atoms with Crippen LogP contribution in [-0.2, 0) is 6.61 Å². The van der Waals surface area contributed by atoms with Gasteiger partial charge in [0.1, 0.15) is 12.4 Å². The third-order valence-electron chi connectivity index (χ3n) is 5.58. The predicted octanol–water partition coefficient (Wildman–Crippen LogP) is 4.29. The van der Waals surface area contributed by atoms with Crippen LogP contribution >= 0.6 is 0 Å². The highest BCUT2D eigenvalue weighted by Gasteiger charge is 2.25. The lowest BCUT2D eigenvalue weighted by Gasteiger charge is -2.34. The first-order chi connectivity index (χ1) is 14.1. The van der Waals surface area contributed by atoms with Gasteiger partial charge in [-0.3, -0.25) is 4.98 Å². The predicted molar refractivity (Wildman–Crippen MR) is 116 cm³/mol. The number of rotatable bonds is 8. The molecule has 156 valence electrons. The average Bonchev–Trinajstić information content (AvgIpc) is 2.74. The minimum atomic E-state index is -0.182. The number of carbonyl (C=O) groups excluding carboxylic acids is 1. The number of amides is 2. The molecular weight excluding hydrogens is 364 g/mol. The Bertz CT molecular complexity index is 760. The molecule has 0 radical (unpaired) electrons. The lowest BCUT2D eigenvalue weighted by atomic mass is 9.83. The van der Waals surface area contributed by atoms with Crippen molar-refractivity contribution in [2.45, 2.75) is 44.8 Å². The Morgan fingerprint density at radius 2 is 1.93 bits per heavy atom. The number of aromatic nitrogens is 1. The molecule has 0 bridgehead atoms. The molecule has 1 heterocycles. The molecule has 29 heavy (non-hydrogen) atoms. The van der Waals surface area contributed by atoms with Crippen LogP contribution < -0.4 is 15.4 Å². The number of nitrogens with one attached hydrogen (secondary N) is 2. The second-order valence-electron chi connectivity index (χ2n) is 7.94. The minimum absolute atomic E-state index is 0.182. The van der Waals surface area contributed by atoms with Gasteiger partial charge in [0, 0.05) is 36.7 Å². The number of hydrogen-bond acceptors (Lipinski definition) is 4. The van der Waals surface area contributed by atoms with Crippen molar-refractivity contribution in [1.29, 1.82) is 0 Å². The maximum atomic E-state index is 12.4. The zero-order chi connectivity index (χ0) is 20.5. The van der Waals surface area contributed by atoms with Gasteiger partial charge in [-0.15, -0.1) is 0 Å². The van der Waals surface area contributed by atoms with E-state index in [2.05, 4.69) is 34.6 Å². The fraction of sp³-hybridized carbons (Fsp3) is 0.478. The summed E-state index contributed by atoms with van der Waals surface area (Å²) in [6.45, 7) is 1.12. The molecule has 2 N–H and O–H groups in total. The van der Waals surface area contributed by atoms with Gasteiger partial charge in [0.15, 0.2) is 0 Å². The first-order valence-electron chi connectivity index (χ1n) is 10.4. The van der Waals surface area contributed by atoms with Crippen molar-refractivity contribution < 1.29 is 9.53 Å². The second kappa shape index (κ2) is 10.8. The standard InChI is InChI=1S/C23H32N4O2/c1-27(2)22(19-7-4-3-5-8-19)16-25-23(28)26-20-9-6-10-21(15-20)29-17-18-11-13-24-14-12-18/h6,9-15,19,22H,3-5,7-8,16-17H2,1-2H3,(H2,25,26,28). The van der Waals surface area contributed by atoms with E-state index in [4.69, 9.17) is 4.74 Å². The number of benzene rings is 1. The second-order valence-corrected chi connectivity index (χ2v) is 7.94. The molecule has 0 spiro atoms. The normalized spacial score (nSPS) is 15.7. The molecule has 0 saturated heterocycles. The van der Waals surface area contributed by atoms with E-state index >= 15 is 0 Å². The van der Waals surface area contributed by atoms with Crippen LogP contribution in [0.1, 0.15) is 37.7 Å². The fourth-order valence-electron chi connectivity index (χ4n) is 3.97. The van der Waals surface area contributed by atoms with Crippen molar-refractivity contribution in [2.24, 2.45) is 5.92 Å². The van der Waals surface area contributed by atoms with Crippen LogP contribution in [0.25, 0.3) is 0 Å². The summed E-state index contributed by atoms with van der Waals surface area (Å²) < 4.78 is 5.82. The Kier molecular flexibility index (Phi) is 7.87. The quantitative estimate of drug-likeness (QED) is 0.698. The zero-order valence-corrected chi connectivity index (χ0v) is 17.4. The summed E-state index contributed by atoms with van der Waals surface area (Å²) in [5.41, 5.74) is 1.77. The molecule has 3 rings (SSSR count). The maximum Gasteiger partial charge on any atom is 0.319 e. The summed E-state index contributed by atoms with van der Waals surface area (Å²) in [6, 6.07) is 11.5. The molecule has 1 aliphatic rings. The van der Waals surface area contributed by atoms with Gasteiger partial charge in [-0.25, -0.2) is 4.79 Å². The van der Waals surface area contributed by atoms with Crippen molar-refractivity contribution in [2.75, 3.05) is 26.0 Å². The number of carbonyl (C=O) groups is 1. The monoisotopic (exact) mass is 396 g/mol. The van der Waals surface area contributed by atoms with Crippen LogP contribution in [0.5, 0.6) is 5.75 Å². The van der Waals surface area contributed by atoms with E-state index in [0.717, 1.165) is 5.56 Å². The molecule has 2 aromatic rings. The van der Waals surface area contributed by atoms with E-state index in [1.165, 1.54) is 32.1 Å². The van der Waals surface area contributed by atoms with Gasteiger partial charge in [-0.05, 0) is 62.7 Å². The number of likely N-dealkylation sites (N-methyl/N-ethyl adjacent to an activating group) is 1. The summed E-state index contributed by atoms with van der Waals surface area (Å²) in [5, 5.41) is 5.97. The number of nitrogens with zero attached hydrogens (tertiary/aromatic N) is 2. The number of hydrogen-bond donors (Lipinski definition) is 2. The van der Waals surface area contributed by atoms with Crippen molar-refractivity contribution >= 4 is 11.7 Å². The van der Waals surface area contributed by atoms with Gasteiger partial charge in [0.2, 0.25) is 0 Å². The van der Waals surface area contributed by atoms with Crippen molar-refractivity contribution in [1.82, 2.24) is 15.2 Å². The summed E-state index contributed by atoms with van der Waals surface area (Å²) in [4.78, 5) is 18.7. The summed E-state index contributed by atoms with van der Waals surface area (Å²) >= 11 is 0. The zero-order valence-electron chi connectivity index (χ0n) is 17.4. The summed E-state index contributed by atoms with van der Waals surface area (Å²) in [7, 11) is 4.20. The molecule has 2 amide bonds. The molecule has 1 fully saturated rings. The molecule has 0 aliphatic heterocycles. The fourth-order valence-corrected chi connectivity index (χ4v) is 3.97. The van der Waals surface area contributed by atoms with Crippen molar-refractivity contribution in [3.8, 4) is 5.75 Å². The van der Waals surface area contributed by atoms with Crippen LogP contribution in [0.2, 0.25) is 0 Å². The number of urea groups is 1. The Labute approximate surface area is 173 Å². The van der Waals surface area contributed by atoms with E-state index in [1.807, 2.05) is 36.4 Å². The minimum Gasteiger partial charge on any atom is -0.489 e. The number of pyridine rings is 1. The molecule has 6 heteroatoms. The van der Waals surface area contributed by atoms with Gasteiger partial charge in [-0.2, -0.15) is 0 Å². The van der Waals surface area contributed by atoms with Crippen LogP contribution in [0.4, 0.5) is 10.5 Å². The third kappa shape index (κ3) is 6.75. The van der Waals surface area contributed by atoms with Gasteiger partial charge in [0.25, 0.3) is 0 Å². The summed E-state index contributed by atoms with van der Waals surface area (Å²) in [6.07, 6.45) is 9.93. The van der Waals surface area contributed by atoms with E-state index in [0.29, 0.717) is 36.5 Å². The Morgan fingerprint density at radius 3 is 2.66 bits per heavy atom. The summed E-state index contributed by atoms with van der Waals surface area (Å²) in [5.74, 6) is 1.37. The van der Waals surface area contributed by atoms with Gasteiger partial charge in [-0.1, -0.05) is 25.3 Å². The van der Waals surface area contributed by atoms with E-state index < -0.39 is 0 Å². The molecule has 1 aromatic carbocycles. The Balaban J connectivity index is 1.49. The molecule has 1 aromatic heterocycles. The number of ether oxygens (including phenoxy) is 1. The van der Waals surface area contributed by atoms with Gasteiger partial charge >= 0.3 is 6.03 Å². The van der Waals surface area contributed by atoms with E-state index in [9.17, 15) is 4.79 Å². The van der Waals surface area contributed by atoms with E-state index in [1.54, 1.807) is 12.4 Å². The Hall–Kier alpha value is -2.60. The topological polar surface area (TPSA) is 66.5 Å². The van der Waals surface area contributed by atoms with Crippen LogP contribution in [-0.4, -0.2) is 42.6 Å². The molecular formula is C23H32N4O2. The van der Waals surface area contributed by atoms with E-state index in [-0.39, 0.29) is 6.03 Å². The Morgan fingerprint density at radius 1 is 1.17 bits per heavy atom. The molecule has 1 atom stereocenters. The molecule has 1 unspecified atom stereocenters. The number of anilines is 1. The van der Waals surface area contributed by atoms with Crippen molar-refractivity contribution in [3.05, 3.63) is 54.4 Å². The van der Waals surface area contributed by atoms with Crippen LogP contribution in [0.3, 0.4) is 0 Å². The maximum absolute atomic E-state index is 12.4. The SMILES string of the molecule is CN(C)C(CNC(=O)Nc1cccc(OCc2ccncc2)c1)C1CCCCC1. The molecule has 1 aliphatic carbocycles. The van der Waals surface area contributed by atoms with Gasteiger partial charge in [0.05, 0.1) is 0 Å². The largest absolute Gasteiger partial charge is 0.489 e. The lowest BCUT2D eigenvalue weighted by Crippen LogP contribution is -2.46. The highest BCUT2D eigenvalue weighted by atomic mass is 16.5. The highest BCUT2D eigenvalue weighted by Crippen LogP contribution is 2.28.